The van der Waals surface area contributed by atoms with Gasteiger partial charge in [0.2, 0.25) is 0 Å². The van der Waals surface area contributed by atoms with Crippen LogP contribution in [0.3, 0.4) is 0 Å². The lowest BCUT2D eigenvalue weighted by molar-refractivity contribution is 0.590. The van der Waals surface area contributed by atoms with Crippen LogP contribution in [-0.4, -0.2) is 15.8 Å². The molecule has 0 saturated carbocycles. The zero-order valence-corrected chi connectivity index (χ0v) is 43.9. The summed E-state index contributed by atoms with van der Waals surface area (Å²) < 4.78 is 5.26. The summed E-state index contributed by atoms with van der Waals surface area (Å²) in [6.45, 7) is 28.2. The van der Waals surface area contributed by atoms with Gasteiger partial charge in [-0.1, -0.05) is 180 Å². The molecule has 3 aliphatic rings. The third-order valence-corrected chi connectivity index (χ3v) is 16.8. The smallest absolute Gasteiger partial charge is 0.252 e. The molecule has 1 aliphatic carbocycles. The van der Waals surface area contributed by atoms with Crippen molar-refractivity contribution >= 4 is 94.5 Å². The third-order valence-electron chi connectivity index (χ3n) is 16.8. The molecule has 2 aliphatic heterocycles. The first kappa shape index (κ1) is 43.5. The molecule has 0 unspecified atom stereocenters. The second-order valence-corrected chi connectivity index (χ2v) is 25.5. The van der Waals surface area contributed by atoms with Crippen molar-refractivity contribution in [3.05, 3.63) is 180 Å². The van der Waals surface area contributed by atoms with Gasteiger partial charge in [-0.2, -0.15) is 0 Å². The average Bonchev–Trinajstić information content (AvgIpc) is 3.82. The molecule has 11 aromatic rings. The van der Waals surface area contributed by atoms with E-state index in [-0.39, 0.29) is 28.4 Å². The van der Waals surface area contributed by atoms with Crippen LogP contribution in [0.2, 0.25) is 0 Å². The van der Waals surface area contributed by atoms with Crippen molar-refractivity contribution in [3.8, 4) is 33.6 Å². The Kier molecular flexibility index (Phi) is 8.59. The second kappa shape index (κ2) is 14.2. The zero-order valence-electron chi connectivity index (χ0n) is 43.9. The maximum absolute atomic E-state index is 2.67. The van der Waals surface area contributed by atoms with Crippen LogP contribution in [0.15, 0.2) is 158 Å². The lowest BCUT2D eigenvalue weighted by Crippen LogP contribution is -2.60. The molecule has 3 nitrogen and oxygen atoms in total. The van der Waals surface area contributed by atoms with E-state index in [1.807, 2.05) is 0 Å². The highest BCUT2D eigenvalue weighted by atomic mass is 15.2. The van der Waals surface area contributed by atoms with E-state index in [9.17, 15) is 0 Å². The number of fused-ring (bicyclic) bond motifs is 9. The molecule has 4 heteroatoms. The van der Waals surface area contributed by atoms with Crippen LogP contribution >= 0.6 is 0 Å². The predicted molar refractivity (Wildman–Crippen MR) is 311 cm³/mol. The molecule has 0 fully saturated rings. The third kappa shape index (κ3) is 5.93. The van der Waals surface area contributed by atoms with Crippen LogP contribution in [0.25, 0.3) is 88.0 Å². The van der Waals surface area contributed by atoms with Crippen molar-refractivity contribution in [2.24, 2.45) is 0 Å². The van der Waals surface area contributed by atoms with E-state index in [0.717, 1.165) is 5.69 Å². The Morgan fingerprint density at radius 2 is 0.847 bits per heavy atom. The molecular weight excluding hydrogens is 870 g/mol. The van der Waals surface area contributed by atoms with E-state index in [0.29, 0.717) is 0 Å². The lowest BCUT2D eigenvalue weighted by atomic mass is 9.33. The maximum atomic E-state index is 2.67. The first-order valence-corrected chi connectivity index (χ1v) is 26.2. The predicted octanol–water partition coefficient (Wildman–Crippen LogP) is 16.5. The Bertz CT molecular complexity index is 4090. The summed E-state index contributed by atoms with van der Waals surface area (Å²) in [4.78, 5) is 2.61. The minimum atomic E-state index is -0.0673. The largest absolute Gasteiger partial charge is 0.311 e. The number of anilines is 3. The maximum Gasteiger partial charge on any atom is 0.252 e. The topological polar surface area (TPSA) is 13.1 Å². The first-order chi connectivity index (χ1) is 34.3. The Morgan fingerprint density at radius 1 is 0.347 bits per heavy atom. The minimum absolute atomic E-state index is 0.00547. The fourth-order valence-corrected chi connectivity index (χ4v) is 13.0. The van der Waals surface area contributed by atoms with Crippen molar-refractivity contribution in [1.82, 2.24) is 9.13 Å². The van der Waals surface area contributed by atoms with Gasteiger partial charge in [-0.15, -0.1) is 0 Å². The van der Waals surface area contributed by atoms with Gasteiger partial charge in [-0.3, -0.25) is 0 Å². The van der Waals surface area contributed by atoms with Crippen LogP contribution in [0.1, 0.15) is 105 Å². The van der Waals surface area contributed by atoms with E-state index in [1.54, 1.807) is 0 Å². The van der Waals surface area contributed by atoms with Crippen molar-refractivity contribution in [2.75, 3.05) is 4.90 Å². The highest BCUT2D eigenvalue weighted by Crippen LogP contribution is 2.51. The van der Waals surface area contributed by atoms with Gasteiger partial charge < -0.3 is 14.0 Å². The van der Waals surface area contributed by atoms with Crippen LogP contribution in [0, 0.1) is 0 Å². The van der Waals surface area contributed by atoms with Crippen LogP contribution < -0.4 is 21.3 Å². The van der Waals surface area contributed by atoms with Crippen molar-refractivity contribution < 1.29 is 0 Å². The second-order valence-electron chi connectivity index (χ2n) is 25.5. The van der Waals surface area contributed by atoms with Gasteiger partial charge >= 0.3 is 0 Å². The molecule has 0 bridgehead atoms. The minimum Gasteiger partial charge on any atom is -0.311 e. The van der Waals surface area contributed by atoms with Gasteiger partial charge in [-0.25, -0.2) is 0 Å². The molecule has 9 aromatic carbocycles. The molecule has 14 rings (SSSR count). The summed E-state index contributed by atoms with van der Waals surface area (Å²) in [6, 6.07) is 62.0. The van der Waals surface area contributed by atoms with E-state index in [1.165, 1.54) is 138 Å². The zero-order chi connectivity index (χ0) is 49.7. The number of benzene rings is 9. The monoisotopic (exact) mass is 932 g/mol. The summed E-state index contributed by atoms with van der Waals surface area (Å²) in [5.74, 6) is 0. The van der Waals surface area contributed by atoms with Gasteiger partial charge in [0.05, 0.1) is 22.2 Å². The molecule has 4 heterocycles. The van der Waals surface area contributed by atoms with E-state index in [2.05, 4.69) is 255 Å². The molecule has 352 valence electrons. The van der Waals surface area contributed by atoms with Crippen LogP contribution in [0.4, 0.5) is 17.1 Å². The fraction of sp³-hybridized carbons (Fsp3) is 0.235. The Labute approximate surface area is 424 Å². The van der Waals surface area contributed by atoms with Gasteiger partial charge in [0.15, 0.2) is 0 Å². The Balaban J connectivity index is 1.17. The number of rotatable bonds is 2. The van der Waals surface area contributed by atoms with Gasteiger partial charge in [0.1, 0.15) is 0 Å². The molecule has 0 spiro atoms. The summed E-state index contributed by atoms with van der Waals surface area (Å²) in [5, 5.41) is 7.90. The lowest BCUT2D eigenvalue weighted by Gasteiger charge is -2.41. The number of hydrogen-bond donors (Lipinski definition) is 0. The SMILES string of the molecule is CC(C)(C)c1ccc(N2c3ccc(C(C)(C)C)cc3B3c4c2cc(-n2c5cccc6c5c5c(cccc52)-c2cccc5cccc-6c25)cc4-n2c4ccc(C(C)(C)C)cc4c4cc(C(C)(C)C)cc3c42)cc1. The number of nitrogens with zero attached hydrogens (tertiary/aromatic N) is 3. The summed E-state index contributed by atoms with van der Waals surface area (Å²) >= 11 is 0. The van der Waals surface area contributed by atoms with E-state index < -0.39 is 0 Å². The molecule has 0 N–H and O–H groups in total. The summed E-state index contributed by atoms with van der Waals surface area (Å²) in [6.07, 6.45) is 0. The quantitative estimate of drug-likeness (QED) is 0.157. The molecule has 2 aromatic heterocycles. The van der Waals surface area contributed by atoms with E-state index in [4.69, 9.17) is 0 Å². The average molecular weight is 932 g/mol. The molecule has 0 amide bonds. The molecular formula is C68H62BN3. The normalized spacial score (nSPS) is 14.1. The van der Waals surface area contributed by atoms with Crippen molar-refractivity contribution in [1.29, 1.82) is 0 Å². The standard InChI is InChI=1S/C68H62BN3/c1-65(2,3)40-25-29-44(30-26-40)70-55-32-28-42(67(7,8)9)35-52(55)69-53-36-43(68(10,11)12)34-51-50-33-41(66(4,5)6)27-31-54(50)72(64(51)53)59-38-45(37-58(70)63(59)69)71-56-23-15-21-48-46-19-13-17-39-18-14-20-47(60(39)46)49-22-16-24-57(71)62(49)61(48)56/h13-38H,1-12H3. The molecule has 0 radical (unpaired) electrons. The molecule has 72 heavy (non-hydrogen) atoms. The van der Waals surface area contributed by atoms with Crippen molar-refractivity contribution in [3.63, 3.8) is 0 Å². The molecule has 0 saturated heterocycles. The number of aromatic nitrogens is 2. The van der Waals surface area contributed by atoms with Gasteiger partial charge in [0, 0.05) is 49.8 Å². The molecule has 0 atom stereocenters. The fourth-order valence-electron chi connectivity index (χ4n) is 13.0. The Hall–Kier alpha value is -7.30. The van der Waals surface area contributed by atoms with Crippen LogP contribution in [-0.2, 0) is 21.7 Å². The van der Waals surface area contributed by atoms with Gasteiger partial charge in [-0.05, 0) is 154 Å². The highest BCUT2D eigenvalue weighted by Gasteiger charge is 2.44. The van der Waals surface area contributed by atoms with Crippen molar-refractivity contribution in [2.45, 2.75) is 105 Å². The number of hydrogen-bond acceptors (Lipinski definition) is 1. The van der Waals surface area contributed by atoms with E-state index >= 15 is 0 Å². The first-order valence-electron chi connectivity index (χ1n) is 26.2. The van der Waals surface area contributed by atoms with Gasteiger partial charge in [0.25, 0.3) is 6.71 Å². The van der Waals surface area contributed by atoms with Crippen LogP contribution in [0.5, 0.6) is 0 Å². The summed E-state index contributed by atoms with van der Waals surface area (Å²) in [5.41, 5.74) is 25.7. The summed E-state index contributed by atoms with van der Waals surface area (Å²) in [7, 11) is 0. The highest BCUT2D eigenvalue weighted by molar-refractivity contribution is 7.00. The Morgan fingerprint density at radius 3 is 1.44 bits per heavy atom.